The molecule has 0 unspecified atom stereocenters. The van der Waals surface area contributed by atoms with Crippen LogP contribution in [0.2, 0.25) is 0 Å². The standard InChI is InChI=1S/C27H32F2N2O2/c28-22-11-9-21(10-12-22)25(32)27(29)14-17-31(18-15-27)16-13-19-5-7-20(8-6-19)23-3-1-2-4-24(23)26(30)33/h1-4,9-12,19-20H,5-8,13-18H2,(H2,30,33). The summed E-state index contributed by atoms with van der Waals surface area (Å²) in [6, 6.07) is 12.8. The molecular formula is C27H32F2N2O2. The van der Waals surface area contributed by atoms with Crippen LogP contribution in [0.25, 0.3) is 0 Å². The summed E-state index contributed by atoms with van der Waals surface area (Å²) in [5, 5.41) is 0. The molecule has 1 aliphatic heterocycles. The highest BCUT2D eigenvalue weighted by Gasteiger charge is 2.42. The molecular weight excluding hydrogens is 422 g/mol. The lowest BCUT2D eigenvalue weighted by Gasteiger charge is -2.37. The highest BCUT2D eigenvalue weighted by atomic mass is 19.1. The van der Waals surface area contributed by atoms with E-state index in [-0.39, 0.29) is 24.3 Å². The number of carbonyl (C=O) groups is 2. The molecule has 1 saturated carbocycles. The number of hydrogen-bond acceptors (Lipinski definition) is 3. The minimum Gasteiger partial charge on any atom is -0.366 e. The molecule has 6 heteroatoms. The highest BCUT2D eigenvalue weighted by Crippen LogP contribution is 2.38. The maximum absolute atomic E-state index is 15.3. The van der Waals surface area contributed by atoms with Crippen LogP contribution in [0.1, 0.15) is 77.1 Å². The molecule has 0 aromatic heterocycles. The van der Waals surface area contributed by atoms with E-state index < -0.39 is 17.3 Å². The van der Waals surface area contributed by atoms with E-state index in [2.05, 4.69) is 4.90 Å². The maximum atomic E-state index is 15.3. The first-order valence-electron chi connectivity index (χ1n) is 12.0. The molecule has 4 rings (SSSR count). The van der Waals surface area contributed by atoms with Gasteiger partial charge in [-0.25, -0.2) is 8.78 Å². The van der Waals surface area contributed by atoms with Crippen LogP contribution in [0, 0.1) is 11.7 Å². The smallest absolute Gasteiger partial charge is 0.248 e. The van der Waals surface area contributed by atoms with Crippen molar-refractivity contribution in [2.45, 2.75) is 56.5 Å². The van der Waals surface area contributed by atoms with E-state index in [1.54, 1.807) is 0 Å². The highest BCUT2D eigenvalue weighted by molar-refractivity contribution is 6.02. The van der Waals surface area contributed by atoms with E-state index in [0.29, 0.717) is 30.5 Å². The third-order valence-corrected chi connectivity index (χ3v) is 7.53. The third-order valence-electron chi connectivity index (χ3n) is 7.53. The van der Waals surface area contributed by atoms with Gasteiger partial charge in [0.25, 0.3) is 0 Å². The number of ketones is 1. The zero-order chi connectivity index (χ0) is 23.4. The first-order chi connectivity index (χ1) is 15.9. The third kappa shape index (κ3) is 5.49. The summed E-state index contributed by atoms with van der Waals surface area (Å²) in [6.07, 6.45) is 5.75. The number of hydrogen-bond donors (Lipinski definition) is 1. The fourth-order valence-electron chi connectivity index (χ4n) is 5.42. The van der Waals surface area contributed by atoms with Gasteiger partial charge in [0.1, 0.15) is 5.82 Å². The lowest BCUT2D eigenvalue weighted by molar-refractivity contribution is 0.0404. The number of carbonyl (C=O) groups excluding carboxylic acids is 2. The normalized spacial score (nSPS) is 23.2. The molecule has 176 valence electrons. The number of likely N-dealkylation sites (tertiary alicyclic amines) is 1. The van der Waals surface area contributed by atoms with Crippen molar-refractivity contribution >= 4 is 11.7 Å². The van der Waals surface area contributed by atoms with Crippen LogP contribution in [-0.2, 0) is 0 Å². The number of rotatable bonds is 7. The Labute approximate surface area is 194 Å². The molecule has 2 aromatic rings. The molecule has 2 fully saturated rings. The van der Waals surface area contributed by atoms with Gasteiger partial charge in [0, 0.05) is 37.1 Å². The zero-order valence-corrected chi connectivity index (χ0v) is 18.9. The van der Waals surface area contributed by atoms with Crippen molar-refractivity contribution < 1.29 is 18.4 Å². The van der Waals surface area contributed by atoms with Crippen molar-refractivity contribution in [2.75, 3.05) is 19.6 Å². The van der Waals surface area contributed by atoms with Gasteiger partial charge in [0.15, 0.2) is 11.5 Å². The Kier molecular flexibility index (Phi) is 7.23. The van der Waals surface area contributed by atoms with E-state index in [4.69, 9.17) is 5.73 Å². The Bertz CT molecular complexity index is 976. The van der Waals surface area contributed by atoms with Crippen molar-refractivity contribution in [3.05, 3.63) is 71.0 Å². The fraction of sp³-hybridized carbons (Fsp3) is 0.481. The largest absolute Gasteiger partial charge is 0.366 e. The van der Waals surface area contributed by atoms with Gasteiger partial charge in [-0.1, -0.05) is 18.2 Å². The van der Waals surface area contributed by atoms with Gasteiger partial charge < -0.3 is 10.6 Å². The van der Waals surface area contributed by atoms with Gasteiger partial charge in [-0.2, -0.15) is 0 Å². The number of Topliss-reactive ketones (excluding diaryl/α,β-unsaturated/α-hetero) is 1. The maximum Gasteiger partial charge on any atom is 0.248 e. The number of piperidine rings is 1. The van der Waals surface area contributed by atoms with Crippen LogP contribution < -0.4 is 5.73 Å². The Hall–Kier alpha value is -2.60. The van der Waals surface area contributed by atoms with E-state index in [0.717, 1.165) is 44.2 Å². The molecule has 1 aliphatic carbocycles. The zero-order valence-electron chi connectivity index (χ0n) is 18.9. The second-order valence-electron chi connectivity index (χ2n) is 9.60. The molecule has 2 aliphatic rings. The summed E-state index contributed by atoms with van der Waals surface area (Å²) in [6.45, 7) is 2.03. The van der Waals surface area contributed by atoms with E-state index in [9.17, 15) is 14.0 Å². The van der Waals surface area contributed by atoms with Gasteiger partial charge in [0.05, 0.1) is 0 Å². The fourth-order valence-corrected chi connectivity index (χ4v) is 5.42. The lowest BCUT2D eigenvalue weighted by atomic mass is 9.76. The minimum absolute atomic E-state index is 0.180. The second-order valence-corrected chi connectivity index (χ2v) is 9.60. The first kappa shape index (κ1) is 23.6. The average molecular weight is 455 g/mol. The van der Waals surface area contributed by atoms with Crippen LogP contribution in [0.3, 0.4) is 0 Å². The Balaban J connectivity index is 1.23. The molecule has 1 amide bonds. The van der Waals surface area contributed by atoms with Crippen LogP contribution in [0.4, 0.5) is 8.78 Å². The average Bonchev–Trinajstić information content (AvgIpc) is 2.84. The van der Waals surface area contributed by atoms with Gasteiger partial charge in [-0.15, -0.1) is 0 Å². The summed E-state index contributed by atoms with van der Waals surface area (Å²) in [5.41, 5.74) is 5.64. The number of benzene rings is 2. The number of nitrogens with two attached hydrogens (primary N) is 1. The number of amides is 1. The number of nitrogens with zero attached hydrogens (tertiary/aromatic N) is 1. The van der Waals surface area contributed by atoms with Crippen molar-refractivity contribution in [3.63, 3.8) is 0 Å². The summed E-state index contributed by atoms with van der Waals surface area (Å²) >= 11 is 0. The van der Waals surface area contributed by atoms with Gasteiger partial charge in [-0.05, 0) is 86.4 Å². The molecule has 1 saturated heterocycles. The molecule has 4 nitrogen and oxygen atoms in total. The lowest BCUT2D eigenvalue weighted by Crippen LogP contribution is -2.46. The minimum atomic E-state index is -1.86. The summed E-state index contributed by atoms with van der Waals surface area (Å²) < 4.78 is 28.4. The molecule has 33 heavy (non-hydrogen) atoms. The van der Waals surface area contributed by atoms with Crippen LogP contribution in [-0.4, -0.2) is 41.9 Å². The van der Waals surface area contributed by atoms with Crippen molar-refractivity contribution in [1.29, 1.82) is 0 Å². The first-order valence-corrected chi connectivity index (χ1v) is 12.0. The SMILES string of the molecule is NC(=O)c1ccccc1C1CCC(CCN2CCC(F)(C(=O)c3ccc(F)cc3)CC2)CC1. The van der Waals surface area contributed by atoms with Crippen LogP contribution >= 0.6 is 0 Å². The van der Waals surface area contributed by atoms with Crippen LogP contribution in [0.5, 0.6) is 0 Å². The molecule has 0 spiro atoms. The molecule has 0 radical (unpaired) electrons. The molecule has 1 heterocycles. The molecule has 2 aromatic carbocycles. The van der Waals surface area contributed by atoms with E-state index in [1.165, 1.54) is 24.3 Å². The molecule has 0 atom stereocenters. The van der Waals surface area contributed by atoms with Crippen molar-refractivity contribution in [1.82, 2.24) is 4.90 Å². The Morgan fingerprint density at radius 3 is 2.24 bits per heavy atom. The number of primary amides is 1. The number of alkyl halides is 1. The second kappa shape index (κ2) is 10.1. The molecule has 2 N–H and O–H groups in total. The Morgan fingerprint density at radius 1 is 0.970 bits per heavy atom. The predicted molar refractivity (Wildman–Crippen MR) is 125 cm³/mol. The monoisotopic (exact) mass is 454 g/mol. The van der Waals surface area contributed by atoms with Crippen molar-refractivity contribution in [3.8, 4) is 0 Å². The van der Waals surface area contributed by atoms with Gasteiger partial charge in [-0.3, -0.25) is 9.59 Å². The number of halogens is 2. The summed E-state index contributed by atoms with van der Waals surface area (Å²) in [5.74, 6) is -0.318. The predicted octanol–water partition coefficient (Wildman–Crippen LogP) is 5.28. The summed E-state index contributed by atoms with van der Waals surface area (Å²) in [7, 11) is 0. The van der Waals surface area contributed by atoms with Gasteiger partial charge in [0.2, 0.25) is 5.91 Å². The van der Waals surface area contributed by atoms with Crippen LogP contribution in [0.15, 0.2) is 48.5 Å². The van der Waals surface area contributed by atoms with E-state index in [1.807, 2.05) is 24.3 Å². The quantitative estimate of drug-likeness (QED) is 0.580. The molecule has 0 bridgehead atoms. The Morgan fingerprint density at radius 2 is 1.61 bits per heavy atom. The van der Waals surface area contributed by atoms with Gasteiger partial charge >= 0.3 is 0 Å². The topological polar surface area (TPSA) is 63.4 Å². The van der Waals surface area contributed by atoms with Crippen molar-refractivity contribution in [2.24, 2.45) is 11.7 Å². The summed E-state index contributed by atoms with van der Waals surface area (Å²) in [4.78, 5) is 26.6. The van der Waals surface area contributed by atoms with E-state index >= 15 is 4.39 Å².